The number of ether oxygens (including phenoxy) is 1. The van der Waals surface area contributed by atoms with E-state index in [1.165, 1.54) is 23.2 Å². The lowest BCUT2D eigenvalue weighted by atomic mass is 10.1. The molecule has 1 heterocycles. The molecule has 1 aromatic carbocycles. The second-order valence-corrected chi connectivity index (χ2v) is 5.56. The van der Waals surface area contributed by atoms with Gasteiger partial charge in [-0.15, -0.1) is 11.3 Å². The number of hydrogen-bond donors (Lipinski definition) is 1. The Morgan fingerprint density at radius 1 is 1.47 bits per heavy atom. The van der Waals surface area contributed by atoms with Crippen molar-refractivity contribution in [2.45, 2.75) is 25.3 Å². The van der Waals surface area contributed by atoms with Crippen LogP contribution in [-0.4, -0.2) is 18.6 Å². The third-order valence-corrected chi connectivity index (χ3v) is 4.32. The molecule has 0 aliphatic heterocycles. The fourth-order valence-corrected chi connectivity index (χ4v) is 3.25. The van der Waals surface area contributed by atoms with Crippen molar-refractivity contribution < 1.29 is 4.74 Å². The van der Waals surface area contributed by atoms with E-state index in [0.29, 0.717) is 6.04 Å². The summed E-state index contributed by atoms with van der Waals surface area (Å²) in [5.41, 5.74) is 5.93. The molecule has 0 fully saturated rings. The van der Waals surface area contributed by atoms with Gasteiger partial charge in [0.05, 0.1) is 18.3 Å². The molecule has 1 aliphatic rings. The smallest absolute Gasteiger partial charge is 0.119 e. The number of aryl methyl sites for hydroxylation is 1. The molecule has 1 aliphatic carbocycles. The van der Waals surface area contributed by atoms with Crippen molar-refractivity contribution >= 4 is 11.3 Å². The quantitative estimate of drug-likeness (QED) is 0.910. The molecule has 0 amide bonds. The van der Waals surface area contributed by atoms with Crippen LogP contribution in [0.2, 0.25) is 0 Å². The summed E-state index contributed by atoms with van der Waals surface area (Å²) in [6.45, 7) is 0.977. The van der Waals surface area contributed by atoms with E-state index < -0.39 is 0 Å². The molecule has 1 atom stereocenters. The van der Waals surface area contributed by atoms with Crippen LogP contribution in [-0.2, 0) is 12.8 Å². The van der Waals surface area contributed by atoms with Crippen LogP contribution in [0.15, 0.2) is 29.1 Å². The summed E-state index contributed by atoms with van der Waals surface area (Å²) in [6.07, 6.45) is 3.34. The Balaban J connectivity index is 1.62. The summed E-state index contributed by atoms with van der Waals surface area (Å²) in [6, 6.07) is 6.87. The Hall–Kier alpha value is -1.39. The van der Waals surface area contributed by atoms with E-state index >= 15 is 0 Å². The van der Waals surface area contributed by atoms with E-state index in [9.17, 15) is 0 Å². The van der Waals surface area contributed by atoms with Crippen LogP contribution in [0.1, 0.15) is 29.3 Å². The lowest BCUT2D eigenvalue weighted by Crippen LogP contribution is -2.22. The van der Waals surface area contributed by atoms with Gasteiger partial charge in [-0.3, -0.25) is 0 Å². The summed E-state index contributed by atoms with van der Waals surface area (Å²) in [5, 5.41) is 5.75. The van der Waals surface area contributed by atoms with Crippen molar-refractivity contribution in [2.75, 3.05) is 13.7 Å². The molecule has 100 valence electrons. The molecule has 3 rings (SSSR count). The first kappa shape index (κ1) is 12.6. The number of aromatic nitrogens is 1. The average Bonchev–Trinajstić information content (AvgIpc) is 3.08. The highest BCUT2D eigenvalue weighted by molar-refractivity contribution is 7.07. The van der Waals surface area contributed by atoms with E-state index in [1.54, 1.807) is 18.4 Å². The molecular formula is C15H18N2OS. The molecule has 0 radical (unpaired) electrons. The van der Waals surface area contributed by atoms with Gasteiger partial charge in [0.2, 0.25) is 0 Å². The Morgan fingerprint density at radius 2 is 2.42 bits per heavy atom. The zero-order chi connectivity index (χ0) is 13.1. The van der Waals surface area contributed by atoms with Crippen molar-refractivity contribution in [2.24, 2.45) is 0 Å². The van der Waals surface area contributed by atoms with E-state index in [0.717, 1.165) is 25.1 Å². The molecule has 0 saturated carbocycles. The number of nitrogens with one attached hydrogen (secondary N) is 1. The number of fused-ring (bicyclic) bond motifs is 1. The molecular weight excluding hydrogens is 256 g/mol. The van der Waals surface area contributed by atoms with Gasteiger partial charge in [-0.25, -0.2) is 4.98 Å². The molecule has 0 spiro atoms. The number of benzene rings is 1. The lowest BCUT2D eigenvalue weighted by Gasteiger charge is -2.14. The zero-order valence-corrected chi connectivity index (χ0v) is 11.9. The standard InChI is InChI=1S/C15H18N2OS/c1-18-13-4-2-11-3-5-15(14(11)8-13)16-7-6-12-9-19-10-17-12/h2,4,8-10,15-16H,3,5-7H2,1H3. The van der Waals surface area contributed by atoms with Crippen LogP contribution in [0.5, 0.6) is 5.75 Å². The van der Waals surface area contributed by atoms with Gasteiger partial charge in [0, 0.05) is 24.4 Å². The van der Waals surface area contributed by atoms with Crippen LogP contribution >= 0.6 is 11.3 Å². The van der Waals surface area contributed by atoms with E-state index in [1.807, 2.05) is 5.51 Å². The first-order valence-electron chi connectivity index (χ1n) is 6.64. The topological polar surface area (TPSA) is 34.1 Å². The van der Waals surface area contributed by atoms with Gasteiger partial charge in [-0.2, -0.15) is 0 Å². The van der Waals surface area contributed by atoms with Crippen LogP contribution in [0, 0.1) is 0 Å². The first-order chi connectivity index (χ1) is 9.36. The number of hydrogen-bond acceptors (Lipinski definition) is 4. The van der Waals surface area contributed by atoms with Gasteiger partial charge in [-0.1, -0.05) is 6.07 Å². The van der Waals surface area contributed by atoms with Crippen LogP contribution in [0.4, 0.5) is 0 Å². The molecule has 0 bridgehead atoms. The highest BCUT2D eigenvalue weighted by atomic mass is 32.1. The van der Waals surface area contributed by atoms with E-state index in [2.05, 4.69) is 33.9 Å². The summed E-state index contributed by atoms with van der Waals surface area (Å²) < 4.78 is 5.31. The Morgan fingerprint density at radius 3 is 3.21 bits per heavy atom. The van der Waals surface area contributed by atoms with Gasteiger partial charge in [-0.05, 0) is 36.1 Å². The number of nitrogens with zero attached hydrogens (tertiary/aromatic N) is 1. The van der Waals surface area contributed by atoms with Crippen molar-refractivity contribution in [1.29, 1.82) is 0 Å². The van der Waals surface area contributed by atoms with Crippen molar-refractivity contribution in [1.82, 2.24) is 10.3 Å². The molecule has 1 N–H and O–H groups in total. The summed E-state index contributed by atoms with van der Waals surface area (Å²) in [7, 11) is 1.72. The lowest BCUT2D eigenvalue weighted by molar-refractivity contribution is 0.413. The van der Waals surface area contributed by atoms with Crippen LogP contribution < -0.4 is 10.1 Å². The van der Waals surface area contributed by atoms with E-state index in [-0.39, 0.29) is 0 Å². The molecule has 19 heavy (non-hydrogen) atoms. The predicted octanol–water partition coefficient (Wildman–Crippen LogP) is 2.97. The minimum atomic E-state index is 0.462. The minimum Gasteiger partial charge on any atom is -0.497 e. The van der Waals surface area contributed by atoms with Gasteiger partial charge in [0.15, 0.2) is 0 Å². The fourth-order valence-electron chi connectivity index (χ4n) is 2.65. The van der Waals surface area contributed by atoms with Gasteiger partial charge in [0.1, 0.15) is 5.75 Å². The predicted molar refractivity (Wildman–Crippen MR) is 77.9 cm³/mol. The molecule has 1 aromatic heterocycles. The highest BCUT2D eigenvalue weighted by Crippen LogP contribution is 2.33. The number of methoxy groups -OCH3 is 1. The number of thiazole rings is 1. The van der Waals surface area contributed by atoms with E-state index in [4.69, 9.17) is 4.74 Å². The maximum absolute atomic E-state index is 5.31. The summed E-state index contributed by atoms with van der Waals surface area (Å²) >= 11 is 1.66. The summed E-state index contributed by atoms with van der Waals surface area (Å²) in [5.74, 6) is 0.951. The Labute approximate surface area is 117 Å². The first-order valence-corrected chi connectivity index (χ1v) is 7.58. The van der Waals surface area contributed by atoms with Gasteiger partial charge in [0.25, 0.3) is 0 Å². The van der Waals surface area contributed by atoms with Crippen molar-refractivity contribution in [3.63, 3.8) is 0 Å². The highest BCUT2D eigenvalue weighted by Gasteiger charge is 2.22. The normalized spacial score (nSPS) is 17.4. The average molecular weight is 274 g/mol. The largest absolute Gasteiger partial charge is 0.497 e. The van der Waals surface area contributed by atoms with Gasteiger partial charge < -0.3 is 10.1 Å². The molecule has 1 unspecified atom stereocenters. The second kappa shape index (κ2) is 5.72. The SMILES string of the molecule is COc1ccc2c(c1)C(NCCc1cscn1)CC2. The Bertz CT molecular complexity index is 539. The molecule has 0 saturated heterocycles. The minimum absolute atomic E-state index is 0.462. The van der Waals surface area contributed by atoms with Crippen molar-refractivity contribution in [3.8, 4) is 5.75 Å². The zero-order valence-electron chi connectivity index (χ0n) is 11.1. The number of rotatable bonds is 5. The molecule has 2 aromatic rings. The maximum Gasteiger partial charge on any atom is 0.119 e. The van der Waals surface area contributed by atoms with Gasteiger partial charge >= 0.3 is 0 Å². The third kappa shape index (κ3) is 2.80. The van der Waals surface area contributed by atoms with Crippen molar-refractivity contribution in [3.05, 3.63) is 45.9 Å². The fraction of sp³-hybridized carbons (Fsp3) is 0.400. The summed E-state index contributed by atoms with van der Waals surface area (Å²) in [4.78, 5) is 4.31. The second-order valence-electron chi connectivity index (χ2n) is 4.84. The van der Waals surface area contributed by atoms with Crippen LogP contribution in [0.3, 0.4) is 0 Å². The van der Waals surface area contributed by atoms with Crippen LogP contribution in [0.25, 0.3) is 0 Å². The Kier molecular flexibility index (Phi) is 3.80. The third-order valence-electron chi connectivity index (χ3n) is 3.69. The monoisotopic (exact) mass is 274 g/mol. The maximum atomic E-state index is 5.31. The molecule has 4 heteroatoms. The molecule has 3 nitrogen and oxygen atoms in total.